The number of benzene rings is 2. The zero-order valence-electron chi connectivity index (χ0n) is 11.1. The van der Waals surface area contributed by atoms with Crippen LogP contribution in [0.15, 0.2) is 42.5 Å². The van der Waals surface area contributed by atoms with Gasteiger partial charge in [0.15, 0.2) is 0 Å². The summed E-state index contributed by atoms with van der Waals surface area (Å²) in [4.78, 5) is 14.3. The Morgan fingerprint density at radius 1 is 1.30 bits per heavy atom. The first-order valence-electron chi connectivity index (χ1n) is 6.54. The fourth-order valence-electron chi connectivity index (χ4n) is 2.71. The summed E-state index contributed by atoms with van der Waals surface area (Å²) in [5.74, 6) is -0.897. The van der Waals surface area contributed by atoms with Crippen molar-refractivity contribution in [2.45, 2.75) is 19.4 Å². The molecule has 1 aliphatic heterocycles. The Bertz CT molecular complexity index is 684. The second kappa shape index (κ2) is 4.63. The predicted octanol–water partition coefficient (Wildman–Crippen LogP) is 3.00. The SMILES string of the molecule is CC1Cc2ccccc2N1C(=O)c1ccc(N)cc1F. The van der Waals surface area contributed by atoms with Gasteiger partial charge >= 0.3 is 0 Å². The highest BCUT2D eigenvalue weighted by Gasteiger charge is 2.32. The minimum atomic E-state index is -0.577. The summed E-state index contributed by atoms with van der Waals surface area (Å²) in [6, 6.07) is 11.9. The van der Waals surface area contributed by atoms with E-state index in [1.807, 2.05) is 31.2 Å². The third-order valence-corrected chi connectivity index (χ3v) is 3.65. The lowest BCUT2D eigenvalue weighted by Gasteiger charge is -2.23. The van der Waals surface area contributed by atoms with Crippen LogP contribution >= 0.6 is 0 Å². The number of hydrogen-bond acceptors (Lipinski definition) is 2. The Balaban J connectivity index is 2.03. The Morgan fingerprint density at radius 3 is 2.80 bits per heavy atom. The molecule has 0 radical (unpaired) electrons. The van der Waals surface area contributed by atoms with E-state index in [1.54, 1.807) is 11.0 Å². The van der Waals surface area contributed by atoms with E-state index >= 15 is 0 Å². The summed E-state index contributed by atoms with van der Waals surface area (Å²) in [6.07, 6.45) is 0.790. The van der Waals surface area contributed by atoms with Crippen molar-refractivity contribution in [3.63, 3.8) is 0 Å². The zero-order valence-corrected chi connectivity index (χ0v) is 11.1. The van der Waals surface area contributed by atoms with Crippen LogP contribution in [0.1, 0.15) is 22.8 Å². The van der Waals surface area contributed by atoms with Crippen LogP contribution < -0.4 is 10.6 Å². The van der Waals surface area contributed by atoms with Crippen LogP contribution in [0.2, 0.25) is 0 Å². The molecule has 0 aliphatic carbocycles. The van der Waals surface area contributed by atoms with E-state index in [0.717, 1.165) is 17.7 Å². The van der Waals surface area contributed by atoms with Crippen molar-refractivity contribution in [2.24, 2.45) is 0 Å². The zero-order chi connectivity index (χ0) is 14.3. The van der Waals surface area contributed by atoms with Crippen LogP contribution in [0.5, 0.6) is 0 Å². The van der Waals surface area contributed by atoms with Crippen molar-refractivity contribution < 1.29 is 9.18 Å². The molecule has 1 heterocycles. The molecular weight excluding hydrogens is 255 g/mol. The average Bonchev–Trinajstić information content (AvgIpc) is 2.73. The number of anilines is 2. The van der Waals surface area contributed by atoms with Crippen molar-refractivity contribution in [1.82, 2.24) is 0 Å². The van der Waals surface area contributed by atoms with E-state index < -0.39 is 5.82 Å². The van der Waals surface area contributed by atoms with Gasteiger partial charge < -0.3 is 10.6 Å². The Morgan fingerprint density at radius 2 is 2.05 bits per heavy atom. The Hall–Kier alpha value is -2.36. The third kappa shape index (κ3) is 1.93. The summed E-state index contributed by atoms with van der Waals surface area (Å²) in [5.41, 5.74) is 7.87. The summed E-state index contributed by atoms with van der Waals surface area (Å²) in [5, 5.41) is 0. The van der Waals surface area contributed by atoms with E-state index in [4.69, 9.17) is 5.73 Å². The number of amides is 1. The number of nitrogens with two attached hydrogens (primary N) is 1. The van der Waals surface area contributed by atoms with Gasteiger partial charge in [-0.2, -0.15) is 0 Å². The molecule has 0 saturated carbocycles. The Labute approximate surface area is 116 Å². The largest absolute Gasteiger partial charge is 0.399 e. The van der Waals surface area contributed by atoms with Crippen LogP contribution in [0.25, 0.3) is 0 Å². The minimum absolute atomic E-state index is 0.0249. The maximum absolute atomic E-state index is 13.9. The van der Waals surface area contributed by atoms with Crippen LogP contribution in [0, 0.1) is 5.82 Å². The van der Waals surface area contributed by atoms with Crippen LogP contribution in [-0.2, 0) is 6.42 Å². The number of nitrogen functional groups attached to an aromatic ring is 1. The molecule has 2 N–H and O–H groups in total. The maximum Gasteiger partial charge on any atom is 0.261 e. The summed E-state index contributed by atoms with van der Waals surface area (Å²) < 4.78 is 13.9. The van der Waals surface area contributed by atoms with Gasteiger partial charge in [0.2, 0.25) is 0 Å². The number of halogens is 1. The predicted molar refractivity (Wildman–Crippen MR) is 77.2 cm³/mol. The second-order valence-electron chi connectivity index (χ2n) is 5.10. The van der Waals surface area contributed by atoms with Crippen molar-refractivity contribution in [3.8, 4) is 0 Å². The molecule has 1 amide bonds. The van der Waals surface area contributed by atoms with E-state index in [2.05, 4.69) is 0 Å². The van der Waals surface area contributed by atoms with Gasteiger partial charge in [0.05, 0.1) is 5.56 Å². The number of carbonyl (C=O) groups excluding carboxylic acids is 1. The van der Waals surface area contributed by atoms with Gasteiger partial charge in [-0.05, 0) is 43.2 Å². The second-order valence-corrected chi connectivity index (χ2v) is 5.10. The van der Waals surface area contributed by atoms with Crippen LogP contribution in [-0.4, -0.2) is 11.9 Å². The molecule has 3 nitrogen and oxygen atoms in total. The molecule has 1 unspecified atom stereocenters. The molecule has 0 saturated heterocycles. The Kier molecular flexibility index (Phi) is 2.93. The number of para-hydroxylation sites is 1. The number of rotatable bonds is 1. The highest BCUT2D eigenvalue weighted by Crippen LogP contribution is 2.33. The van der Waals surface area contributed by atoms with Crippen molar-refractivity contribution in [2.75, 3.05) is 10.6 Å². The molecule has 102 valence electrons. The number of hydrogen-bond donors (Lipinski definition) is 1. The average molecular weight is 270 g/mol. The lowest BCUT2D eigenvalue weighted by atomic mass is 10.1. The van der Waals surface area contributed by atoms with E-state index in [9.17, 15) is 9.18 Å². The first-order valence-corrected chi connectivity index (χ1v) is 6.54. The van der Waals surface area contributed by atoms with Gasteiger partial charge in [-0.15, -0.1) is 0 Å². The van der Waals surface area contributed by atoms with Gasteiger partial charge in [0.25, 0.3) is 5.91 Å². The third-order valence-electron chi connectivity index (χ3n) is 3.65. The van der Waals surface area contributed by atoms with E-state index in [0.29, 0.717) is 5.69 Å². The fourth-order valence-corrected chi connectivity index (χ4v) is 2.71. The lowest BCUT2D eigenvalue weighted by Crippen LogP contribution is -2.36. The summed E-state index contributed by atoms with van der Waals surface area (Å²) in [7, 11) is 0. The van der Waals surface area contributed by atoms with Crippen LogP contribution in [0.4, 0.5) is 15.8 Å². The number of fused-ring (bicyclic) bond motifs is 1. The van der Waals surface area contributed by atoms with Crippen molar-refractivity contribution in [3.05, 3.63) is 59.4 Å². The monoisotopic (exact) mass is 270 g/mol. The van der Waals surface area contributed by atoms with Crippen molar-refractivity contribution in [1.29, 1.82) is 0 Å². The molecule has 1 atom stereocenters. The molecule has 0 fully saturated rings. The van der Waals surface area contributed by atoms with E-state index in [-0.39, 0.29) is 17.5 Å². The number of carbonyl (C=O) groups is 1. The minimum Gasteiger partial charge on any atom is -0.399 e. The molecule has 0 spiro atoms. The highest BCUT2D eigenvalue weighted by atomic mass is 19.1. The first-order chi connectivity index (χ1) is 9.58. The van der Waals surface area contributed by atoms with Gasteiger partial charge in [-0.25, -0.2) is 4.39 Å². The molecule has 2 aromatic rings. The lowest BCUT2D eigenvalue weighted by molar-refractivity contribution is 0.0977. The summed E-state index contributed by atoms with van der Waals surface area (Å²) >= 11 is 0. The topological polar surface area (TPSA) is 46.3 Å². The van der Waals surface area contributed by atoms with Crippen LogP contribution in [0.3, 0.4) is 0 Å². The molecule has 0 bridgehead atoms. The smallest absolute Gasteiger partial charge is 0.261 e. The molecule has 2 aromatic carbocycles. The maximum atomic E-state index is 13.9. The normalized spacial score (nSPS) is 17.1. The number of nitrogens with zero attached hydrogens (tertiary/aromatic N) is 1. The summed E-state index contributed by atoms with van der Waals surface area (Å²) in [6.45, 7) is 1.97. The van der Waals surface area contributed by atoms with Gasteiger partial charge in [-0.1, -0.05) is 18.2 Å². The standard InChI is InChI=1S/C16H15FN2O/c1-10-8-11-4-2-3-5-15(11)19(10)16(20)13-7-6-12(18)9-14(13)17/h2-7,9-10H,8,18H2,1H3. The van der Waals surface area contributed by atoms with Crippen molar-refractivity contribution >= 4 is 17.3 Å². The quantitative estimate of drug-likeness (QED) is 0.810. The van der Waals surface area contributed by atoms with Gasteiger partial charge in [-0.3, -0.25) is 4.79 Å². The van der Waals surface area contributed by atoms with E-state index in [1.165, 1.54) is 12.1 Å². The highest BCUT2D eigenvalue weighted by molar-refractivity contribution is 6.08. The molecule has 20 heavy (non-hydrogen) atoms. The first kappa shape index (κ1) is 12.7. The molecule has 0 aromatic heterocycles. The fraction of sp³-hybridized carbons (Fsp3) is 0.188. The molecule has 4 heteroatoms. The van der Waals surface area contributed by atoms with Gasteiger partial charge in [0.1, 0.15) is 5.82 Å². The van der Waals surface area contributed by atoms with Gasteiger partial charge in [0, 0.05) is 17.4 Å². The molecule has 3 rings (SSSR count). The molecular formula is C16H15FN2O. The molecule has 1 aliphatic rings.